The van der Waals surface area contributed by atoms with E-state index < -0.39 is 6.10 Å². The molecule has 0 aliphatic heterocycles. The van der Waals surface area contributed by atoms with Gasteiger partial charge in [0.2, 0.25) is 0 Å². The van der Waals surface area contributed by atoms with E-state index >= 15 is 0 Å². The van der Waals surface area contributed by atoms with E-state index in [-0.39, 0.29) is 13.2 Å². The van der Waals surface area contributed by atoms with Gasteiger partial charge in [0.25, 0.3) is 0 Å². The number of halogens is 2. The van der Waals surface area contributed by atoms with Gasteiger partial charge >= 0.3 is 0 Å². The number of nitrogens with zero attached hydrogens (tertiary/aromatic N) is 2. The number of aliphatic hydroxyl groups is 1. The van der Waals surface area contributed by atoms with Crippen LogP contribution in [0.2, 0.25) is 10.0 Å². The van der Waals surface area contributed by atoms with Gasteiger partial charge in [-0.15, -0.1) is 0 Å². The molecule has 0 unspecified atom stereocenters. The molecule has 0 radical (unpaired) electrons. The number of aromatic nitrogens is 2. The van der Waals surface area contributed by atoms with Crippen LogP contribution in [0.5, 0.6) is 5.75 Å². The molecule has 5 nitrogen and oxygen atoms in total. The number of aryl methyl sites for hydroxylation is 2. The topological polar surface area (TPSA) is 67.3 Å². The minimum absolute atomic E-state index is 0.0886. The Balaban J connectivity index is 1.87. The van der Waals surface area contributed by atoms with Crippen molar-refractivity contribution in [1.82, 2.24) is 9.97 Å². The highest BCUT2D eigenvalue weighted by molar-refractivity contribution is 6.42. The number of anilines is 1. The molecule has 1 heterocycles. The minimum Gasteiger partial charge on any atom is -0.489 e. The van der Waals surface area contributed by atoms with Crippen molar-refractivity contribution in [1.29, 1.82) is 0 Å². The lowest BCUT2D eigenvalue weighted by Crippen LogP contribution is -2.27. The predicted octanol–water partition coefficient (Wildman–Crippen LogP) is 3.25. The monoisotopic (exact) mass is 341 g/mol. The predicted molar refractivity (Wildman–Crippen MR) is 88.0 cm³/mol. The van der Waals surface area contributed by atoms with Crippen molar-refractivity contribution in [3.63, 3.8) is 0 Å². The van der Waals surface area contributed by atoms with Gasteiger partial charge in [-0.3, -0.25) is 4.98 Å². The third-order valence-corrected chi connectivity index (χ3v) is 3.73. The third kappa shape index (κ3) is 4.47. The lowest BCUT2D eigenvalue weighted by atomic mass is 10.3. The number of hydrogen-bond donors (Lipinski definition) is 2. The Hall–Kier alpha value is -1.56. The summed E-state index contributed by atoms with van der Waals surface area (Å²) in [5.74, 6) is 1.10. The largest absolute Gasteiger partial charge is 0.489 e. The molecule has 0 aliphatic carbocycles. The normalized spacial score (nSPS) is 12.0. The van der Waals surface area contributed by atoms with E-state index in [4.69, 9.17) is 27.9 Å². The summed E-state index contributed by atoms with van der Waals surface area (Å²) in [6, 6.07) is 5.11. The Kier molecular flexibility index (Phi) is 5.83. The Morgan fingerprint density at radius 3 is 2.86 bits per heavy atom. The molecule has 1 aromatic heterocycles. The summed E-state index contributed by atoms with van der Waals surface area (Å²) < 4.78 is 5.48. The molecule has 0 fully saturated rings. The van der Waals surface area contributed by atoms with Gasteiger partial charge in [0.05, 0.1) is 16.4 Å². The first-order valence-corrected chi connectivity index (χ1v) is 7.52. The zero-order valence-electron chi connectivity index (χ0n) is 12.3. The first kappa shape index (κ1) is 16.8. The highest BCUT2D eigenvalue weighted by Crippen LogP contribution is 2.31. The van der Waals surface area contributed by atoms with Crippen molar-refractivity contribution in [2.75, 3.05) is 18.5 Å². The van der Waals surface area contributed by atoms with Crippen molar-refractivity contribution >= 4 is 29.0 Å². The van der Waals surface area contributed by atoms with Crippen molar-refractivity contribution < 1.29 is 9.84 Å². The standard InChI is InChI=1S/C15H17Cl2N3O2/c1-9-6-18-10(2)15(20-9)19-7-11(21)8-22-13-5-3-4-12(16)14(13)17/h3-6,11,21H,7-8H2,1-2H3,(H,19,20)/t11-/m1/s1. The van der Waals surface area contributed by atoms with Crippen LogP contribution in [0.25, 0.3) is 0 Å². The Morgan fingerprint density at radius 2 is 2.09 bits per heavy atom. The van der Waals surface area contributed by atoms with Gasteiger partial charge in [0.1, 0.15) is 29.3 Å². The number of aliphatic hydroxyl groups excluding tert-OH is 1. The second kappa shape index (κ2) is 7.63. The number of rotatable bonds is 6. The summed E-state index contributed by atoms with van der Waals surface area (Å²) in [4.78, 5) is 8.53. The molecular weight excluding hydrogens is 325 g/mol. The zero-order valence-corrected chi connectivity index (χ0v) is 13.8. The lowest BCUT2D eigenvalue weighted by molar-refractivity contribution is 0.117. The molecule has 0 bridgehead atoms. The maximum absolute atomic E-state index is 9.98. The summed E-state index contributed by atoms with van der Waals surface area (Å²) >= 11 is 11.9. The van der Waals surface area contributed by atoms with Gasteiger partial charge < -0.3 is 15.2 Å². The Morgan fingerprint density at radius 1 is 1.32 bits per heavy atom. The summed E-state index contributed by atoms with van der Waals surface area (Å²) in [7, 11) is 0. The molecule has 1 aromatic carbocycles. The van der Waals surface area contributed by atoms with E-state index in [0.29, 0.717) is 21.6 Å². The van der Waals surface area contributed by atoms with Gasteiger partial charge in [0.15, 0.2) is 0 Å². The van der Waals surface area contributed by atoms with Crippen LogP contribution in [-0.2, 0) is 0 Å². The maximum atomic E-state index is 9.98. The number of nitrogens with one attached hydrogen (secondary N) is 1. The average molecular weight is 342 g/mol. The highest BCUT2D eigenvalue weighted by Gasteiger charge is 2.10. The summed E-state index contributed by atoms with van der Waals surface area (Å²) in [5, 5.41) is 13.8. The van der Waals surface area contributed by atoms with E-state index in [0.717, 1.165) is 11.4 Å². The van der Waals surface area contributed by atoms with Crippen LogP contribution in [0, 0.1) is 13.8 Å². The van der Waals surface area contributed by atoms with Crippen molar-refractivity contribution in [3.8, 4) is 5.75 Å². The smallest absolute Gasteiger partial charge is 0.147 e. The van der Waals surface area contributed by atoms with E-state index in [1.54, 1.807) is 24.4 Å². The van der Waals surface area contributed by atoms with Crippen LogP contribution >= 0.6 is 23.2 Å². The van der Waals surface area contributed by atoms with Gasteiger partial charge in [-0.1, -0.05) is 29.3 Å². The SMILES string of the molecule is Cc1cnc(C)c(NC[C@@H](O)COc2cccc(Cl)c2Cl)n1. The van der Waals surface area contributed by atoms with Crippen molar-refractivity contribution in [2.45, 2.75) is 20.0 Å². The third-order valence-electron chi connectivity index (χ3n) is 2.93. The molecule has 0 aliphatic rings. The molecule has 2 rings (SSSR count). The maximum Gasteiger partial charge on any atom is 0.147 e. The van der Waals surface area contributed by atoms with Gasteiger partial charge in [-0.2, -0.15) is 0 Å². The van der Waals surface area contributed by atoms with E-state index in [1.165, 1.54) is 0 Å². The van der Waals surface area contributed by atoms with Crippen LogP contribution in [-0.4, -0.2) is 34.3 Å². The fraction of sp³-hybridized carbons (Fsp3) is 0.333. The molecule has 0 spiro atoms. The van der Waals surface area contributed by atoms with Crippen LogP contribution < -0.4 is 10.1 Å². The molecular formula is C15H17Cl2N3O2. The minimum atomic E-state index is -0.725. The summed E-state index contributed by atoms with van der Waals surface area (Å²) in [6.45, 7) is 4.09. The van der Waals surface area contributed by atoms with E-state index in [2.05, 4.69) is 15.3 Å². The number of benzene rings is 1. The molecule has 0 saturated carbocycles. The Labute approximate surface area is 139 Å². The molecule has 1 atom stereocenters. The van der Waals surface area contributed by atoms with Crippen LogP contribution in [0.4, 0.5) is 5.82 Å². The second-order valence-corrected chi connectivity index (χ2v) is 5.63. The quantitative estimate of drug-likeness (QED) is 0.844. The molecule has 0 amide bonds. The summed E-state index contributed by atoms with van der Waals surface area (Å²) in [5.41, 5.74) is 1.58. The van der Waals surface area contributed by atoms with Gasteiger partial charge in [0, 0.05) is 12.7 Å². The van der Waals surface area contributed by atoms with Gasteiger partial charge in [-0.25, -0.2) is 4.98 Å². The van der Waals surface area contributed by atoms with E-state index in [1.807, 2.05) is 13.8 Å². The molecule has 118 valence electrons. The van der Waals surface area contributed by atoms with E-state index in [9.17, 15) is 5.11 Å². The molecule has 22 heavy (non-hydrogen) atoms. The molecule has 7 heteroatoms. The zero-order chi connectivity index (χ0) is 16.1. The second-order valence-electron chi connectivity index (χ2n) is 4.84. The first-order chi connectivity index (χ1) is 10.5. The van der Waals surface area contributed by atoms with Crippen molar-refractivity contribution in [3.05, 3.63) is 45.8 Å². The first-order valence-electron chi connectivity index (χ1n) is 6.76. The average Bonchev–Trinajstić information content (AvgIpc) is 2.49. The fourth-order valence-corrected chi connectivity index (χ4v) is 2.11. The summed E-state index contributed by atoms with van der Waals surface area (Å²) in [6.07, 6.45) is 0.970. The van der Waals surface area contributed by atoms with Crippen LogP contribution in [0.15, 0.2) is 24.4 Å². The highest BCUT2D eigenvalue weighted by atomic mass is 35.5. The molecule has 2 N–H and O–H groups in total. The fourth-order valence-electron chi connectivity index (χ4n) is 1.76. The Bertz CT molecular complexity index is 647. The van der Waals surface area contributed by atoms with Gasteiger partial charge in [-0.05, 0) is 26.0 Å². The molecule has 0 saturated heterocycles. The van der Waals surface area contributed by atoms with Crippen molar-refractivity contribution in [2.24, 2.45) is 0 Å². The molecule has 2 aromatic rings. The number of ether oxygens (including phenoxy) is 1. The number of hydrogen-bond acceptors (Lipinski definition) is 5. The van der Waals surface area contributed by atoms with Crippen LogP contribution in [0.3, 0.4) is 0 Å². The lowest BCUT2D eigenvalue weighted by Gasteiger charge is -2.15. The van der Waals surface area contributed by atoms with Crippen LogP contribution in [0.1, 0.15) is 11.4 Å².